The van der Waals surface area contributed by atoms with Crippen molar-refractivity contribution in [3.63, 3.8) is 0 Å². The smallest absolute Gasteiger partial charge is 0.296 e. The lowest BCUT2D eigenvalue weighted by Crippen LogP contribution is -2.31. The van der Waals surface area contributed by atoms with Crippen molar-refractivity contribution in [1.29, 1.82) is 0 Å². The van der Waals surface area contributed by atoms with Crippen LogP contribution in [0.15, 0.2) is 58.1 Å². The third-order valence-electron chi connectivity index (χ3n) is 6.20. The molecule has 1 aliphatic rings. The van der Waals surface area contributed by atoms with Gasteiger partial charge in [0.15, 0.2) is 10.1 Å². The molecule has 0 saturated carbocycles. The molecular formula is C28H24Cl2N4O4S3. The first-order valence-electron chi connectivity index (χ1n) is 12.6. The molecule has 0 bridgehead atoms. The number of benzene rings is 2. The Balaban J connectivity index is 1.49. The third-order valence-corrected chi connectivity index (χ3v) is 9.96. The van der Waals surface area contributed by atoms with Crippen LogP contribution in [0.3, 0.4) is 0 Å². The van der Waals surface area contributed by atoms with Crippen LogP contribution in [0, 0.1) is 13.8 Å². The SMILES string of the molecule is CCCOc1ccc(C2C(C(=O)c3sc(C)nc3C)=C(O)C(=O)N2c2nnc(SCc3ccc(Cl)cc3Cl)s2)cc1. The van der Waals surface area contributed by atoms with E-state index in [-0.39, 0.29) is 10.7 Å². The minimum atomic E-state index is -0.923. The number of thioether (sulfide) groups is 1. The van der Waals surface area contributed by atoms with Gasteiger partial charge in [0.1, 0.15) is 5.75 Å². The van der Waals surface area contributed by atoms with Gasteiger partial charge in [-0.25, -0.2) is 4.98 Å². The largest absolute Gasteiger partial charge is 0.503 e. The maximum atomic E-state index is 13.8. The molecule has 13 heteroatoms. The third kappa shape index (κ3) is 6.14. The number of aryl methyl sites for hydroxylation is 2. The fraction of sp³-hybridized carbons (Fsp3) is 0.250. The summed E-state index contributed by atoms with van der Waals surface area (Å²) in [5.74, 6) is -0.615. The van der Waals surface area contributed by atoms with E-state index in [1.54, 1.807) is 50.2 Å². The highest BCUT2D eigenvalue weighted by molar-refractivity contribution is 8.00. The summed E-state index contributed by atoms with van der Waals surface area (Å²) in [6.07, 6.45) is 0.858. The van der Waals surface area contributed by atoms with Crippen LogP contribution >= 0.6 is 57.6 Å². The van der Waals surface area contributed by atoms with Gasteiger partial charge in [-0.15, -0.1) is 21.5 Å². The second-order valence-corrected chi connectivity index (χ2v) is 13.3. The Morgan fingerprint density at radius 2 is 1.88 bits per heavy atom. The number of ketones is 1. The number of halogens is 2. The molecule has 3 heterocycles. The molecular weight excluding hydrogens is 623 g/mol. The van der Waals surface area contributed by atoms with E-state index in [2.05, 4.69) is 15.2 Å². The molecule has 1 amide bonds. The lowest BCUT2D eigenvalue weighted by molar-refractivity contribution is -0.117. The Hall–Kier alpha value is -2.96. The zero-order chi connectivity index (χ0) is 29.3. The molecule has 1 atom stereocenters. The molecule has 1 aliphatic heterocycles. The number of Topliss-reactive ketones (excluding diaryl/α,β-unsaturated/α-hetero) is 1. The zero-order valence-electron chi connectivity index (χ0n) is 22.2. The van der Waals surface area contributed by atoms with Gasteiger partial charge in [-0.2, -0.15) is 0 Å². The molecule has 212 valence electrons. The number of carbonyl (C=O) groups excluding carboxylic acids is 2. The molecule has 0 fully saturated rings. The predicted octanol–water partition coefficient (Wildman–Crippen LogP) is 7.78. The van der Waals surface area contributed by atoms with E-state index >= 15 is 0 Å². The van der Waals surface area contributed by atoms with E-state index in [0.717, 1.165) is 12.0 Å². The molecule has 1 N–H and O–H groups in total. The number of hydrogen-bond acceptors (Lipinski definition) is 10. The van der Waals surface area contributed by atoms with E-state index in [4.69, 9.17) is 27.9 Å². The van der Waals surface area contributed by atoms with Crippen molar-refractivity contribution in [3.05, 3.63) is 90.5 Å². The number of thiazole rings is 1. The van der Waals surface area contributed by atoms with Crippen LogP contribution in [-0.2, 0) is 10.5 Å². The van der Waals surface area contributed by atoms with Gasteiger partial charge in [0.05, 0.1) is 33.8 Å². The average molecular weight is 648 g/mol. The molecule has 0 spiro atoms. The fourth-order valence-corrected chi connectivity index (χ4v) is 7.62. The van der Waals surface area contributed by atoms with Crippen molar-refractivity contribution in [2.75, 3.05) is 11.5 Å². The zero-order valence-corrected chi connectivity index (χ0v) is 26.1. The number of amides is 1. The van der Waals surface area contributed by atoms with Gasteiger partial charge in [-0.1, -0.05) is 71.4 Å². The molecule has 8 nitrogen and oxygen atoms in total. The summed E-state index contributed by atoms with van der Waals surface area (Å²) in [7, 11) is 0. The highest BCUT2D eigenvalue weighted by atomic mass is 35.5. The van der Waals surface area contributed by atoms with Gasteiger partial charge >= 0.3 is 0 Å². The van der Waals surface area contributed by atoms with Crippen molar-refractivity contribution in [1.82, 2.24) is 15.2 Å². The standard InChI is InChI=1S/C28H24Cl2N4O4S3/c1-4-11-38-19-9-6-16(7-10-19)22-21(23(35)25-14(2)31-15(3)40-25)24(36)26(37)34(22)27-32-33-28(41-27)39-13-17-5-8-18(29)12-20(17)30/h5-10,12,22,36H,4,11,13H2,1-3H3. The summed E-state index contributed by atoms with van der Waals surface area (Å²) < 4.78 is 6.31. The van der Waals surface area contributed by atoms with Crippen molar-refractivity contribution < 1.29 is 19.4 Å². The maximum Gasteiger partial charge on any atom is 0.296 e. The van der Waals surface area contributed by atoms with E-state index in [0.29, 0.717) is 53.6 Å². The molecule has 5 rings (SSSR count). The summed E-state index contributed by atoms with van der Waals surface area (Å²) in [6, 6.07) is 11.5. The first-order chi connectivity index (χ1) is 19.7. The van der Waals surface area contributed by atoms with E-state index in [9.17, 15) is 14.7 Å². The van der Waals surface area contributed by atoms with Crippen LogP contribution in [0.4, 0.5) is 5.13 Å². The Morgan fingerprint density at radius 3 is 2.54 bits per heavy atom. The van der Waals surface area contributed by atoms with Crippen molar-refractivity contribution >= 4 is 74.5 Å². The number of rotatable bonds is 10. The highest BCUT2D eigenvalue weighted by Gasteiger charge is 2.46. The van der Waals surface area contributed by atoms with Crippen LogP contribution in [0.2, 0.25) is 10.0 Å². The predicted molar refractivity (Wildman–Crippen MR) is 164 cm³/mol. The molecule has 41 heavy (non-hydrogen) atoms. The number of carbonyl (C=O) groups is 2. The lowest BCUT2D eigenvalue weighted by Gasteiger charge is -2.24. The quantitative estimate of drug-likeness (QED) is 0.106. The van der Waals surface area contributed by atoms with Crippen LogP contribution in [0.1, 0.15) is 50.9 Å². The van der Waals surface area contributed by atoms with Gasteiger partial charge in [0.2, 0.25) is 10.9 Å². The van der Waals surface area contributed by atoms with Crippen LogP contribution in [0.5, 0.6) is 5.75 Å². The normalized spacial score (nSPS) is 15.2. The van der Waals surface area contributed by atoms with E-state index in [1.165, 1.54) is 39.3 Å². The number of nitrogens with zero attached hydrogens (tertiary/aromatic N) is 4. The Bertz CT molecular complexity index is 1650. The van der Waals surface area contributed by atoms with Gasteiger partial charge in [0, 0.05) is 15.8 Å². The summed E-state index contributed by atoms with van der Waals surface area (Å²) in [4.78, 5) is 33.4. The van der Waals surface area contributed by atoms with Gasteiger partial charge in [-0.05, 0) is 55.7 Å². The molecule has 0 radical (unpaired) electrons. The topological polar surface area (TPSA) is 106 Å². The van der Waals surface area contributed by atoms with Gasteiger partial charge in [0.25, 0.3) is 5.91 Å². The van der Waals surface area contributed by atoms with Crippen molar-refractivity contribution in [2.24, 2.45) is 0 Å². The van der Waals surface area contributed by atoms with E-state index in [1.807, 2.05) is 13.0 Å². The first kappa shape index (κ1) is 29.5. The highest BCUT2D eigenvalue weighted by Crippen LogP contribution is 2.45. The Kier molecular flexibility index (Phi) is 9.00. The van der Waals surface area contributed by atoms with Crippen LogP contribution in [0.25, 0.3) is 0 Å². The number of aromatic nitrogens is 3. The Morgan fingerprint density at radius 1 is 1.12 bits per heavy atom. The fourth-order valence-electron chi connectivity index (χ4n) is 4.32. The first-order valence-corrected chi connectivity index (χ1v) is 15.9. The summed E-state index contributed by atoms with van der Waals surface area (Å²) in [5.41, 5.74) is 2.01. The number of hydrogen-bond donors (Lipinski definition) is 1. The number of aliphatic hydroxyl groups is 1. The Labute approximate surface area is 259 Å². The molecule has 0 saturated heterocycles. The van der Waals surface area contributed by atoms with Gasteiger partial charge < -0.3 is 9.84 Å². The van der Waals surface area contributed by atoms with Crippen molar-refractivity contribution in [2.45, 2.75) is 43.3 Å². The number of ether oxygens (including phenoxy) is 1. The second-order valence-electron chi connectivity index (χ2n) is 9.11. The maximum absolute atomic E-state index is 13.8. The van der Waals surface area contributed by atoms with Crippen LogP contribution in [-0.4, -0.2) is 38.6 Å². The summed E-state index contributed by atoms with van der Waals surface area (Å²) in [6.45, 7) is 6.12. The molecule has 2 aromatic carbocycles. The molecule has 0 aliphatic carbocycles. The number of aliphatic hydroxyl groups excluding tert-OH is 1. The van der Waals surface area contributed by atoms with Crippen LogP contribution < -0.4 is 9.64 Å². The van der Waals surface area contributed by atoms with Crippen molar-refractivity contribution in [3.8, 4) is 5.75 Å². The molecule has 4 aromatic rings. The van der Waals surface area contributed by atoms with Gasteiger partial charge in [-0.3, -0.25) is 14.5 Å². The minimum absolute atomic E-state index is 0.0266. The summed E-state index contributed by atoms with van der Waals surface area (Å²) >= 11 is 16.1. The minimum Gasteiger partial charge on any atom is -0.503 e. The number of anilines is 1. The second kappa shape index (κ2) is 12.5. The molecule has 2 aromatic heterocycles. The summed E-state index contributed by atoms with van der Waals surface area (Å²) in [5, 5.41) is 21.7. The lowest BCUT2D eigenvalue weighted by atomic mass is 9.95. The monoisotopic (exact) mass is 646 g/mol. The average Bonchev–Trinajstić information content (AvgIpc) is 3.62. The molecule has 1 unspecified atom stereocenters. The van der Waals surface area contributed by atoms with E-state index < -0.39 is 23.5 Å².